The maximum absolute atomic E-state index is 11.4. The van der Waals surface area contributed by atoms with E-state index >= 15 is 0 Å². The van der Waals surface area contributed by atoms with Crippen molar-refractivity contribution in [1.82, 2.24) is 14.8 Å². The van der Waals surface area contributed by atoms with E-state index in [1.165, 1.54) is 17.7 Å². The molecule has 0 amide bonds. The summed E-state index contributed by atoms with van der Waals surface area (Å²) in [7, 11) is 2.94. The van der Waals surface area contributed by atoms with Gasteiger partial charge in [0.2, 0.25) is 5.56 Å². The van der Waals surface area contributed by atoms with E-state index in [4.69, 9.17) is 0 Å². The van der Waals surface area contributed by atoms with Crippen molar-refractivity contribution in [3.8, 4) is 11.1 Å². The van der Waals surface area contributed by atoms with Crippen molar-refractivity contribution in [2.24, 2.45) is 7.05 Å². The first-order valence-electron chi connectivity index (χ1n) is 4.92. The highest BCUT2D eigenvalue weighted by molar-refractivity contribution is 5.94. The van der Waals surface area contributed by atoms with Gasteiger partial charge < -0.3 is 9.30 Å². The van der Waals surface area contributed by atoms with Crippen LogP contribution in [0.1, 0.15) is 10.5 Å². The molecule has 2 aromatic heterocycles. The Labute approximate surface area is 96.8 Å². The lowest BCUT2D eigenvalue weighted by Crippen LogP contribution is -2.14. The summed E-state index contributed by atoms with van der Waals surface area (Å²) in [5.74, 6) is -0.518. The fourth-order valence-corrected chi connectivity index (χ4v) is 1.52. The predicted molar refractivity (Wildman–Crippen MR) is 60.6 cm³/mol. The molecular weight excluding hydrogens is 222 g/mol. The summed E-state index contributed by atoms with van der Waals surface area (Å²) in [6, 6.07) is 3.07. The van der Waals surface area contributed by atoms with Gasteiger partial charge in [-0.1, -0.05) is 0 Å². The highest BCUT2D eigenvalue weighted by atomic mass is 16.5. The number of pyridine rings is 1. The molecule has 6 nitrogen and oxygen atoms in total. The molecule has 0 saturated heterocycles. The van der Waals surface area contributed by atoms with Gasteiger partial charge in [-0.3, -0.25) is 9.89 Å². The maximum atomic E-state index is 11.4. The Morgan fingerprint density at radius 1 is 1.47 bits per heavy atom. The Morgan fingerprint density at radius 2 is 2.24 bits per heavy atom. The SMILES string of the molecule is COC(=O)c1n[nH]cc1-c1ccc(=O)n(C)c1. The highest BCUT2D eigenvalue weighted by Gasteiger charge is 2.16. The van der Waals surface area contributed by atoms with Gasteiger partial charge in [-0.25, -0.2) is 4.79 Å². The third-order valence-electron chi connectivity index (χ3n) is 2.42. The van der Waals surface area contributed by atoms with Gasteiger partial charge in [-0.2, -0.15) is 5.10 Å². The van der Waals surface area contributed by atoms with Gasteiger partial charge in [0.05, 0.1) is 7.11 Å². The van der Waals surface area contributed by atoms with Gasteiger partial charge in [0.15, 0.2) is 5.69 Å². The van der Waals surface area contributed by atoms with Crippen LogP contribution in [0.3, 0.4) is 0 Å². The van der Waals surface area contributed by atoms with E-state index in [1.807, 2.05) is 0 Å². The molecule has 0 atom stereocenters. The van der Waals surface area contributed by atoms with Crippen molar-refractivity contribution in [3.05, 3.63) is 40.6 Å². The Bertz CT molecular complexity index is 612. The Hall–Kier alpha value is -2.37. The maximum Gasteiger partial charge on any atom is 0.359 e. The molecule has 17 heavy (non-hydrogen) atoms. The molecule has 2 aromatic rings. The fraction of sp³-hybridized carbons (Fsp3) is 0.182. The summed E-state index contributed by atoms with van der Waals surface area (Å²) in [4.78, 5) is 22.7. The summed E-state index contributed by atoms with van der Waals surface area (Å²) < 4.78 is 6.05. The van der Waals surface area contributed by atoms with Gasteiger partial charge in [0.1, 0.15) is 0 Å². The predicted octanol–water partition coefficient (Wildman–Crippen LogP) is 0.562. The molecule has 0 bridgehead atoms. The van der Waals surface area contributed by atoms with E-state index in [-0.39, 0.29) is 11.3 Å². The molecule has 0 aliphatic heterocycles. The average molecular weight is 233 g/mol. The molecule has 0 unspecified atom stereocenters. The Balaban J connectivity index is 2.53. The van der Waals surface area contributed by atoms with Crippen LogP contribution in [0.15, 0.2) is 29.3 Å². The summed E-state index contributed by atoms with van der Waals surface area (Å²) >= 11 is 0. The highest BCUT2D eigenvalue weighted by Crippen LogP contribution is 2.20. The number of H-pyrrole nitrogens is 1. The smallest absolute Gasteiger partial charge is 0.359 e. The second-order valence-corrected chi connectivity index (χ2v) is 3.51. The number of rotatable bonds is 2. The number of nitrogens with zero attached hydrogens (tertiary/aromatic N) is 2. The second-order valence-electron chi connectivity index (χ2n) is 3.51. The number of aromatic nitrogens is 3. The first-order valence-corrected chi connectivity index (χ1v) is 4.92. The van der Waals surface area contributed by atoms with Crippen LogP contribution in [-0.2, 0) is 11.8 Å². The largest absolute Gasteiger partial charge is 0.464 e. The molecule has 0 spiro atoms. The zero-order valence-corrected chi connectivity index (χ0v) is 9.43. The molecule has 0 saturated carbocycles. The van der Waals surface area contributed by atoms with Crippen LogP contribution in [0.25, 0.3) is 11.1 Å². The normalized spacial score (nSPS) is 10.2. The number of hydrogen-bond donors (Lipinski definition) is 1. The molecule has 88 valence electrons. The van der Waals surface area contributed by atoms with Crippen molar-refractivity contribution in [1.29, 1.82) is 0 Å². The summed E-state index contributed by atoms with van der Waals surface area (Å²) in [6.07, 6.45) is 3.23. The van der Waals surface area contributed by atoms with Crippen molar-refractivity contribution in [2.45, 2.75) is 0 Å². The quantitative estimate of drug-likeness (QED) is 0.769. The molecule has 0 fully saturated rings. The van der Waals surface area contributed by atoms with E-state index in [2.05, 4.69) is 14.9 Å². The average Bonchev–Trinajstić information content (AvgIpc) is 2.80. The minimum Gasteiger partial charge on any atom is -0.464 e. The van der Waals surface area contributed by atoms with Gasteiger partial charge in [0, 0.05) is 36.6 Å². The number of carbonyl (C=O) groups is 1. The topological polar surface area (TPSA) is 77.0 Å². The van der Waals surface area contributed by atoms with Gasteiger partial charge in [-0.15, -0.1) is 0 Å². The van der Waals surface area contributed by atoms with Gasteiger partial charge >= 0.3 is 5.97 Å². The number of aromatic amines is 1. The summed E-state index contributed by atoms with van der Waals surface area (Å²) in [5.41, 5.74) is 1.41. The fourth-order valence-electron chi connectivity index (χ4n) is 1.52. The molecule has 1 N–H and O–H groups in total. The zero-order chi connectivity index (χ0) is 12.4. The van der Waals surface area contributed by atoms with Crippen molar-refractivity contribution in [2.75, 3.05) is 7.11 Å². The molecular formula is C11H11N3O3. The molecule has 2 heterocycles. The Kier molecular flexibility index (Phi) is 2.78. The lowest BCUT2D eigenvalue weighted by Gasteiger charge is -2.03. The second kappa shape index (κ2) is 4.25. The lowest BCUT2D eigenvalue weighted by molar-refractivity contribution is 0.0595. The third-order valence-corrected chi connectivity index (χ3v) is 2.42. The van der Waals surface area contributed by atoms with Crippen LogP contribution >= 0.6 is 0 Å². The van der Waals surface area contributed by atoms with E-state index in [1.54, 1.807) is 25.5 Å². The van der Waals surface area contributed by atoms with E-state index in [9.17, 15) is 9.59 Å². The number of esters is 1. The van der Waals surface area contributed by atoms with Crippen molar-refractivity contribution in [3.63, 3.8) is 0 Å². The van der Waals surface area contributed by atoms with Crippen LogP contribution in [0.2, 0.25) is 0 Å². The van der Waals surface area contributed by atoms with Crippen molar-refractivity contribution < 1.29 is 9.53 Å². The number of aryl methyl sites for hydroxylation is 1. The van der Waals surface area contributed by atoms with Crippen LogP contribution in [0, 0.1) is 0 Å². The first kappa shape index (κ1) is 11.1. The van der Waals surface area contributed by atoms with E-state index in [0.717, 1.165) is 5.56 Å². The molecule has 0 aliphatic carbocycles. The minimum atomic E-state index is -0.518. The molecule has 0 aromatic carbocycles. The monoisotopic (exact) mass is 233 g/mol. The molecule has 0 aliphatic rings. The number of carbonyl (C=O) groups excluding carboxylic acids is 1. The minimum absolute atomic E-state index is 0.114. The van der Waals surface area contributed by atoms with Gasteiger partial charge in [-0.05, 0) is 6.07 Å². The zero-order valence-electron chi connectivity index (χ0n) is 9.43. The van der Waals surface area contributed by atoms with Crippen molar-refractivity contribution >= 4 is 5.97 Å². The number of ether oxygens (including phenoxy) is 1. The van der Waals surface area contributed by atoms with E-state index in [0.29, 0.717) is 5.56 Å². The standard InChI is InChI=1S/C11H11N3O3/c1-14-6-7(3-4-9(14)15)8-5-12-13-10(8)11(16)17-2/h3-6H,1-2H3,(H,12,13). The Morgan fingerprint density at radius 3 is 2.88 bits per heavy atom. The number of hydrogen-bond acceptors (Lipinski definition) is 4. The third kappa shape index (κ3) is 1.96. The first-order chi connectivity index (χ1) is 8.13. The van der Waals surface area contributed by atoms with Gasteiger partial charge in [0.25, 0.3) is 0 Å². The number of nitrogens with one attached hydrogen (secondary N) is 1. The van der Waals surface area contributed by atoms with E-state index < -0.39 is 5.97 Å². The summed E-state index contributed by atoms with van der Waals surface area (Å²) in [5, 5.41) is 6.44. The van der Waals surface area contributed by atoms with Crippen LogP contribution < -0.4 is 5.56 Å². The molecule has 6 heteroatoms. The van der Waals surface area contributed by atoms with Crippen LogP contribution in [0.4, 0.5) is 0 Å². The van der Waals surface area contributed by atoms with Crippen LogP contribution in [-0.4, -0.2) is 27.8 Å². The number of methoxy groups -OCH3 is 1. The molecule has 2 rings (SSSR count). The lowest BCUT2D eigenvalue weighted by atomic mass is 10.1. The summed E-state index contributed by atoms with van der Waals surface area (Å²) in [6.45, 7) is 0. The molecule has 0 radical (unpaired) electrons. The van der Waals surface area contributed by atoms with Crippen LogP contribution in [0.5, 0.6) is 0 Å².